The molecule has 1 amide bonds. The molecule has 162 valence electrons. The van der Waals surface area contributed by atoms with Crippen molar-refractivity contribution in [1.82, 2.24) is 29.7 Å². The molecule has 8 heteroatoms. The molecule has 0 atom stereocenters. The van der Waals surface area contributed by atoms with Crippen LogP contribution in [0, 0.1) is 0 Å². The highest BCUT2D eigenvalue weighted by Gasteiger charge is 2.22. The standard InChI is InChI=1S/C24H24N6O2/c1-16(31)28-13-11-19(12-14-28)18-7-9-20(10-8-18)29-15-22(25-27-29)24-21-5-3-4-6-23(21)30(26-24)17(2)32/h3-10,15,19H,11-14H2,1-2H3. The van der Waals surface area contributed by atoms with Crippen LogP contribution in [0.1, 0.15) is 43.0 Å². The number of nitrogens with zero attached hydrogens (tertiary/aromatic N) is 6. The molecule has 0 spiro atoms. The molecule has 3 heterocycles. The first-order valence-electron chi connectivity index (χ1n) is 10.8. The van der Waals surface area contributed by atoms with Gasteiger partial charge in [-0.05, 0) is 42.5 Å². The molecule has 1 fully saturated rings. The number of carbonyl (C=O) groups excluding carboxylic acids is 2. The van der Waals surface area contributed by atoms with Gasteiger partial charge in [0.2, 0.25) is 11.8 Å². The number of rotatable bonds is 3. The summed E-state index contributed by atoms with van der Waals surface area (Å²) in [4.78, 5) is 25.4. The number of hydrogen-bond acceptors (Lipinski definition) is 5. The maximum Gasteiger partial charge on any atom is 0.244 e. The highest BCUT2D eigenvalue weighted by Crippen LogP contribution is 2.30. The van der Waals surface area contributed by atoms with E-state index in [9.17, 15) is 9.59 Å². The molecule has 0 aliphatic carbocycles. The summed E-state index contributed by atoms with van der Waals surface area (Å²) < 4.78 is 3.12. The third-order valence-corrected chi connectivity index (χ3v) is 6.19. The predicted molar refractivity (Wildman–Crippen MR) is 121 cm³/mol. The van der Waals surface area contributed by atoms with E-state index in [1.54, 1.807) is 11.6 Å². The van der Waals surface area contributed by atoms with Crippen LogP contribution < -0.4 is 0 Å². The zero-order chi connectivity index (χ0) is 22.2. The van der Waals surface area contributed by atoms with Crippen LogP contribution in [-0.2, 0) is 4.79 Å². The summed E-state index contributed by atoms with van der Waals surface area (Å²) in [5.41, 5.74) is 4.19. The molecule has 1 saturated heterocycles. The van der Waals surface area contributed by atoms with Crippen LogP contribution in [0.3, 0.4) is 0 Å². The molecule has 4 aromatic rings. The molecular weight excluding hydrogens is 404 g/mol. The van der Waals surface area contributed by atoms with Crippen molar-refractivity contribution in [2.24, 2.45) is 0 Å². The molecule has 2 aromatic heterocycles. The lowest BCUT2D eigenvalue weighted by atomic mass is 9.89. The van der Waals surface area contributed by atoms with Gasteiger partial charge in [0.15, 0.2) is 0 Å². The molecule has 0 bridgehead atoms. The predicted octanol–water partition coefficient (Wildman–Crippen LogP) is 3.67. The highest BCUT2D eigenvalue weighted by atomic mass is 16.2. The quantitative estimate of drug-likeness (QED) is 0.497. The number of hydrogen-bond donors (Lipinski definition) is 0. The summed E-state index contributed by atoms with van der Waals surface area (Å²) >= 11 is 0. The van der Waals surface area contributed by atoms with Crippen molar-refractivity contribution in [3.8, 4) is 17.1 Å². The summed E-state index contributed by atoms with van der Waals surface area (Å²) in [6.45, 7) is 4.75. The molecule has 0 N–H and O–H groups in total. The molecule has 32 heavy (non-hydrogen) atoms. The van der Waals surface area contributed by atoms with Crippen LogP contribution in [0.25, 0.3) is 28.0 Å². The summed E-state index contributed by atoms with van der Waals surface area (Å²) in [7, 11) is 0. The largest absolute Gasteiger partial charge is 0.343 e. The van der Waals surface area contributed by atoms with Crippen LogP contribution in [0.15, 0.2) is 54.7 Å². The normalized spacial score (nSPS) is 14.8. The maximum absolute atomic E-state index is 12.0. The molecule has 5 rings (SSSR count). The van der Waals surface area contributed by atoms with Crippen LogP contribution in [0.5, 0.6) is 0 Å². The minimum atomic E-state index is -0.149. The number of para-hydroxylation sites is 1. The monoisotopic (exact) mass is 428 g/mol. The number of amides is 1. The second-order valence-electron chi connectivity index (χ2n) is 8.22. The Hall–Kier alpha value is -3.81. The van der Waals surface area contributed by atoms with Crippen molar-refractivity contribution in [1.29, 1.82) is 0 Å². The average Bonchev–Trinajstić information content (AvgIpc) is 3.44. The van der Waals surface area contributed by atoms with E-state index in [2.05, 4.69) is 27.5 Å². The fourth-order valence-electron chi connectivity index (χ4n) is 4.42. The molecule has 2 aromatic carbocycles. The Morgan fingerprint density at radius 3 is 2.34 bits per heavy atom. The van der Waals surface area contributed by atoms with Crippen molar-refractivity contribution >= 4 is 22.7 Å². The Kier molecular flexibility index (Phi) is 5.05. The number of likely N-dealkylation sites (tertiary alicyclic amines) is 1. The molecule has 0 unspecified atom stereocenters. The molecule has 8 nitrogen and oxygen atoms in total. The van der Waals surface area contributed by atoms with Crippen molar-refractivity contribution in [3.05, 3.63) is 60.3 Å². The van der Waals surface area contributed by atoms with Gasteiger partial charge in [-0.3, -0.25) is 9.59 Å². The van der Waals surface area contributed by atoms with Gasteiger partial charge >= 0.3 is 0 Å². The lowest BCUT2D eigenvalue weighted by molar-refractivity contribution is -0.129. The van der Waals surface area contributed by atoms with Gasteiger partial charge in [-0.1, -0.05) is 35.5 Å². The van der Waals surface area contributed by atoms with Crippen LogP contribution >= 0.6 is 0 Å². The molecule has 0 saturated carbocycles. The van der Waals surface area contributed by atoms with E-state index in [-0.39, 0.29) is 11.8 Å². The van der Waals surface area contributed by atoms with Gasteiger partial charge in [-0.15, -0.1) is 5.10 Å². The van der Waals surface area contributed by atoms with Crippen molar-refractivity contribution in [3.63, 3.8) is 0 Å². The van der Waals surface area contributed by atoms with Gasteiger partial charge in [0.1, 0.15) is 11.4 Å². The number of carbonyl (C=O) groups is 2. The second-order valence-corrected chi connectivity index (χ2v) is 8.22. The van der Waals surface area contributed by atoms with E-state index in [0.29, 0.717) is 17.3 Å². The zero-order valence-corrected chi connectivity index (χ0v) is 18.1. The molecule has 1 aliphatic heterocycles. The highest BCUT2D eigenvalue weighted by molar-refractivity contribution is 5.97. The van der Waals surface area contributed by atoms with Crippen molar-refractivity contribution in [2.75, 3.05) is 13.1 Å². The first-order chi connectivity index (χ1) is 15.5. The molecule has 0 radical (unpaired) electrons. The zero-order valence-electron chi connectivity index (χ0n) is 18.1. The topological polar surface area (TPSA) is 85.9 Å². The molecular formula is C24H24N6O2. The van der Waals surface area contributed by atoms with Gasteiger partial charge in [0, 0.05) is 32.3 Å². The van der Waals surface area contributed by atoms with Gasteiger partial charge in [0.25, 0.3) is 0 Å². The van der Waals surface area contributed by atoms with Crippen molar-refractivity contribution < 1.29 is 9.59 Å². The smallest absolute Gasteiger partial charge is 0.244 e. The minimum absolute atomic E-state index is 0.149. The van der Waals surface area contributed by atoms with E-state index in [4.69, 9.17) is 0 Å². The lowest BCUT2D eigenvalue weighted by Gasteiger charge is -2.31. The van der Waals surface area contributed by atoms with Crippen LogP contribution in [0.2, 0.25) is 0 Å². The van der Waals surface area contributed by atoms with Gasteiger partial charge in [0.05, 0.1) is 17.4 Å². The van der Waals surface area contributed by atoms with Gasteiger partial charge < -0.3 is 4.90 Å². The Balaban J connectivity index is 1.38. The number of fused-ring (bicyclic) bond motifs is 1. The number of aromatic nitrogens is 5. The third-order valence-electron chi connectivity index (χ3n) is 6.19. The fraction of sp³-hybridized carbons (Fsp3) is 0.292. The van der Waals surface area contributed by atoms with E-state index in [1.807, 2.05) is 47.5 Å². The lowest BCUT2D eigenvalue weighted by Crippen LogP contribution is -2.36. The van der Waals surface area contributed by atoms with Gasteiger partial charge in [-0.25, -0.2) is 4.68 Å². The summed E-state index contributed by atoms with van der Waals surface area (Å²) in [5.74, 6) is 0.471. The Morgan fingerprint density at radius 1 is 0.938 bits per heavy atom. The van der Waals surface area contributed by atoms with E-state index in [1.165, 1.54) is 17.2 Å². The van der Waals surface area contributed by atoms with Crippen LogP contribution in [0.4, 0.5) is 0 Å². The first kappa shape index (κ1) is 20.1. The SMILES string of the molecule is CC(=O)N1CCC(c2ccc(-n3cc(-c4nn(C(C)=O)c5ccccc45)nn3)cc2)CC1. The third kappa shape index (κ3) is 3.57. The van der Waals surface area contributed by atoms with Gasteiger partial charge in [-0.2, -0.15) is 9.78 Å². The average molecular weight is 428 g/mol. The molecule has 1 aliphatic rings. The Bertz CT molecular complexity index is 1300. The minimum Gasteiger partial charge on any atom is -0.343 e. The second kappa shape index (κ2) is 8.03. The Labute approximate surface area is 185 Å². The number of benzene rings is 2. The van der Waals surface area contributed by atoms with Crippen molar-refractivity contribution in [2.45, 2.75) is 32.6 Å². The number of piperidine rings is 1. The summed E-state index contributed by atoms with van der Waals surface area (Å²) in [6, 6.07) is 15.9. The van der Waals surface area contributed by atoms with Crippen LogP contribution in [-0.4, -0.2) is 54.6 Å². The Morgan fingerprint density at radius 2 is 1.66 bits per heavy atom. The fourth-order valence-corrected chi connectivity index (χ4v) is 4.42. The summed E-state index contributed by atoms with van der Waals surface area (Å²) in [6.07, 6.45) is 3.80. The van der Waals surface area contributed by atoms with E-state index < -0.39 is 0 Å². The maximum atomic E-state index is 12.0. The summed E-state index contributed by atoms with van der Waals surface area (Å²) in [5, 5.41) is 13.9. The van der Waals surface area contributed by atoms with E-state index >= 15 is 0 Å². The first-order valence-corrected chi connectivity index (χ1v) is 10.8. The van der Waals surface area contributed by atoms with E-state index in [0.717, 1.165) is 42.5 Å².